The third kappa shape index (κ3) is 6.34. The molecule has 0 aliphatic carbocycles. The number of ether oxygens (including phenoxy) is 2. The lowest BCUT2D eigenvalue weighted by Gasteiger charge is -2.09. The number of esters is 2. The molecule has 4 aromatic rings. The van der Waals surface area contributed by atoms with Gasteiger partial charge in [-0.15, -0.1) is 0 Å². The lowest BCUT2D eigenvalue weighted by molar-refractivity contribution is -0.384. The predicted molar refractivity (Wildman–Crippen MR) is 139 cm³/mol. The summed E-state index contributed by atoms with van der Waals surface area (Å²) >= 11 is 0. The van der Waals surface area contributed by atoms with Gasteiger partial charge in [-0.1, -0.05) is 36.4 Å². The fraction of sp³-hybridized carbons (Fsp3) is 0.0345. The number of rotatable bonds is 9. The van der Waals surface area contributed by atoms with Gasteiger partial charge in [-0.3, -0.25) is 10.1 Å². The summed E-state index contributed by atoms with van der Waals surface area (Å²) in [5.74, 6) is -4.12. The van der Waals surface area contributed by atoms with Gasteiger partial charge in [0.05, 0.1) is 27.2 Å². The number of nitro groups is 1. The van der Waals surface area contributed by atoms with E-state index < -0.39 is 40.1 Å². The van der Waals surface area contributed by atoms with Crippen molar-refractivity contribution < 1.29 is 43.8 Å². The maximum atomic E-state index is 12.5. The van der Waals surface area contributed by atoms with Crippen LogP contribution in [0, 0.1) is 10.1 Å². The minimum absolute atomic E-state index is 0.0624. The Hall–Kier alpha value is -5.84. The van der Waals surface area contributed by atoms with Crippen molar-refractivity contribution >= 4 is 29.6 Å². The zero-order chi connectivity index (χ0) is 28.8. The number of carboxylic acid groups (broad SMARTS) is 2. The first-order valence-corrected chi connectivity index (χ1v) is 11.6. The van der Waals surface area contributed by atoms with E-state index in [0.717, 1.165) is 29.3 Å². The van der Waals surface area contributed by atoms with Crippen LogP contribution in [-0.2, 0) is 6.42 Å². The molecule has 0 saturated heterocycles. The third-order valence-electron chi connectivity index (χ3n) is 5.72. The first-order valence-electron chi connectivity index (χ1n) is 11.6. The highest BCUT2D eigenvalue weighted by Crippen LogP contribution is 2.22. The number of nitrogens with zero attached hydrogens (tertiary/aromatic N) is 1. The first-order chi connectivity index (χ1) is 19.1. The Morgan fingerprint density at radius 3 is 1.52 bits per heavy atom. The zero-order valence-electron chi connectivity index (χ0n) is 20.5. The molecule has 0 aliphatic heterocycles. The summed E-state index contributed by atoms with van der Waals surface area (Å²) in [6, 6.07) is 21.7. The van der Waals surface area contributed by atoms with Crippen molar-refractivity contribution in [2.75, 3.05) is 0 Å². The van der Waals surface area contributed by atoms with Crippen LogP contribution in [0.25, 0.3) is 0 Å². The quantitative estimate of drug-likeness (QED) is 0.127. The minimum atomic E-state index is -1.50. The maximum Gasteiger partial charge on any atom is 0.344 e. The molecule has 40 heavy (non-hydrogen) atoms. The second-order valence-electron chi connectivity index (χ2n) is 8.39. The standard InChI is InChI=1S/C29H19NO10/c31-26(32)22-3-1-2-4-23(22)28(35)39-20-10-5-17(6-11-20)15-18-7-12-21(13-8-18)40-29(36)24-14-9-19(30(37)38)16-25(24)27(33)34/h1-14,16H,15H2,(H,31,32)(H,33,34). The Bertz CT molecular complexity index is 1630. The molecule has 0 spiro atoms. The molecule has 0 heterocycles. The molecule has 0 bridgehead atoms. The van der Waals surface area contributed by atoms with Gasteiger partial charge in [0.1, 0.15) is 11.5 Å². The fourth-order valence-corrected chi connectivity index (χ4v) is 3.76. The Kier molecular flexibility index (Phi) is 7.95. The molecule has 4 aromatic carbocycles. The van der Waals surface area contributed by atoms with Crippen molar-refractivity contribution in [2.24, 2.45) is 0 Å². The van der Waals surface area contributed by atoms with Crippen molar-refractivity contribution in [1.82, 2.24) is 0 Å². The van der Waals surface area contributed by atoms with Crippen LogP contribution in [0.1, 0.15) is 52.6 Å². The molecule has 0 aromatic heterocycles. The number of hydrogen-bond acceptors (Lipinski definition) is 8. The van der Waals surface area contributed by atoms with E-state index >= 15 is 0 Å². The SMILES string of the molecule is O=C(O)c1ccccc1C(=O)Oc1ccc(Cc2ccc(OC(=O)c3ccc([N+](=O)[O-])cc3C(=O)O)cc2)cc1. The summed E-state index contributed by atoms with van der Waals surface area (Å²) in [6.07, 6.45) is 0.482. The van der Waals surface area contributed by atoms with Gasteiger partial charge in [0.2, 0.25) is 0 Å². The van der Waals surface area contributed by atoms with Gasteiger partial charge in [-0.2, -0.15) is 0 Å². The molecule has 200 valence electrons. The van der Waals surface area contributed by atoms with Crippen LogP contribution < -0.4 is 9.47 Å². The maximum absolute atomic E-state index is 12.5. The van der Waals surface area contributed by atoms with E-state index in [-0.39, 0.29) is 28.2 Å². The normalized spacial score (nSPS) is 10.4. The molecule has 11 nitrogen and oxygen atoms in total. The molecule has 0 unspecified atom stereocenters. The Morgan fingerprint density at radius 1 is 0.625 bits per heavy atom. The van der Waals surface area contributed by atoms with Crippen molar-refractivity contribution in [3.8, 4) is 11.5 Å². The minimum Gasteiger partial charge on any atom is -0.478 e. The highest BCUT2D eigenvalue weighted by Gasteiger charge is 2.22. The number of non-ortho nitro benzene ring substituents is 1. The van der Waals surface area contributed by atoms with E-state index in [1.165, 1.54) is 30.3 Å². The van der Waals surface area contributed by atoms with E-state index in [2.05, 4.69) is 0 Å². The lowest BCUT2D eigenvalue weighted by Crippen LogP contribution is -2.14. The van der Waals surface area contributed by atoms with Crippen molar-refractivity contribution in [3.63, 3.8) is 0 Å². The van der Waals surface area contributed by atoms with E-state index in [4.69, 9.17) is 9.47 Å². The molecule has 0 amide bonds. The summed E-state index contributed by atoms with van der Waals surface area (Å²) in [5.41, 5.74) is 0.161. The number of nitro benzene ring substituents is 1. The van der Waals surface area contributed by atoms with Crippen molar-refractivity contribution in [1.29, 1.82) is 0 Å². The van der Waals surface area contributed by atoms with Crippen LogP contribution >= 0.6 is 0 Å². The summed E-state index contributed by atoms with van der Waals surface area (Å²) in [5, 5.41) is 29.5. The summed E-state index contributed by atoms with van der Waals surface area (Å²) in [7, 11) is 0. The van der Waals surface area contributed by atoms with Gasteiger partial charge in [0, 0.05) is 12.1 Å². The Labute approximate surface area is 226 Å². The van der Waals surface area contributed by atoms with Gasteiger partial charge in [0.25, 0.3) is 5.69 Å². The van der Waals surface area contributed by atoms with E-state index in [1.54, 1.807) is 42.5 Å². The Balaban J connectivity index is 1.39. The van der Waals surface area contributed by atoms with Gasteiger partial charge in [-0.05, 0) is 60.0 Å². The number of carbonyl (C=O) groups is 4. The molecule has 2 N–H and O–H groups in total. The second kappa shape index (κ2) is 11.7. The Morgan fingerprint density at radius 2 is 1.07 bits per heavy atom. The van der Waals surface area contributed by atoms with Crippen molar-refractivity contribution in [2.45, 2.75) is 6.42 Å². The number of hydrogen-bond donors (Lipinski definition) is 2. The molecule has 0 radical (unpaired) electrons. The zero-order valence-corrected chi connectivity index (χ0v) is 20.5. The van der Waals surface area contributed by atoms with Crippen LogP contribution in [0.5, 0.6) is 11.5 Å². The fourth-order valence-electron chi connectivity index (χ4n) is 3.76. The van der Waals surface area contributed by atoms with Crippen LogP contribution in [0.2, 0.25) is 0 Å². The molecule has 0 fully saturated rings. The highest BCUT2D eigenvalue weighted by atomic mass is 16.6. The largest absolute Gasteiger partial charge is 0.478 e. The topological polar surface area (TPSA) is 170 Å². The van der Waals surface area contributed by atoms with E-state index in [0.29, 0.717) is 6.42 Å². The van der Waals surface area contributed by atoms with Gasteiger partial charge in [-0.25, -0.2) is 19.2 Å². The molecule has 4 rings (SSSR count). The van der Waals surface area contributed by atoms with Gasteiger partial charge in [0.15, 0.2) is 0 Å². The summed E-state index contributed by atoms with van der Waals surface area (Å²) in [6.45, 7) is 0. The monoisotopic (exact) mass is 541 g/mol. The molecule has 11 heteroatoms. The van der Waals surface area contributed by atoms with Crippen LogP contribution in [0.3, 0.4) is 0 Å². The lowest BCUT2D eigenvalue weighted by atomic mass is 10.0. The van der Waals surface area contributed by atoms with Crippen LogP contribution in [0.4, 0.5) is 5.69 Å². The van der Waals surface area contributed by atoms with Gasteiger partial charge < -0.3 is 19.7 Å². The first kappa shape index (κ1) is 27.2. The molecular formula is C29H19NO10. The number of benzene rings is 4. The molecule has 0 saturated carbocycles. The third-order valence-corrected chi connectivity index (χ3v) is 5.72. The van der Waals surface area contributed by atoms with Crippen LogP contribution in [-0.4, -0.2) is 39.0 Å². The smallest absolute Gasteiger partial charge is 0.344 e. The second-order valence-corrected chi connectivity index (χ2v) is 8.39. The molecule has 0 atom stereocenters. The van der Waals surface area contributed by atoms with Crippen LogP contribution in [0.15, 0.2) is 91.0 Å². The summed E-state index contributed by atoms with van der Waals surface area (Å²) in [4.78, 5) is 57.9. The number of carboxylic acids is 2. The molecule has 0 aliphatic rings. The average molecular weight is 541 g/mol. The summed E-state index contributed by atoms with van der Waals surface area (Å²) < 4.78 is 10.6. The number of aromatic carboxylic acids is 2. The predicted octanol–water partition coefficient (Wildman–Crippen LogP) is 5.02. The van der Waals surface area contributed by atoms with Gasteiger partial charge >= 0.3 is 23.9 Å². The molecular weight excluding hydrogens is 522 g/mol. The average Bonchev–Trinajstić information content (AvgIpc) is 2.94. The van der Waals surface area contributed by atoms with E-state index in [9.17, 15) is 39.5 Å². The highest BCUT2D eigenvalue weighted by molar-refractivity contribution is 6.04. The van der Waals surface area contributed by atoms with Crippen molar-refractivity contribution in [3.05, 3.63) is 134 Å². The van der Waals surface area contributed by atoms with E-state index in [1.807, 2.05) is 0 Å². The number of carbonyl (C=O) groups excluding carboxylic acids is 2.